The Morgan fingerprint density at radius 2 is 1.53 bits per heavy atom. The number of esters is 1. The minimum Gasteiger partial charge on any atom is -0.463 e. The zero-order valence-corrected chi connectivity index (χ0v) is 19.7. The van der Waals surface area contributed by atoms with E-state index >= 15 is 0 Å². The summed E-state index contributed by atoms with van der Waals surface area (Å²) in [6.07, 6.45) is 3.44. The molecule has 1 N–H and O–H groups in total. The van der Waals surface area contributed by atoms with Crippen LogP contribution in [-0.4, -0.2) is 90.0 Å². The number of hydrogen-bond acceptors (Lipinski definition) is 10. The summed E-state index contributed by atoms with van der Waals surface area (Å²) in [6.45, 7) is 7.21. The molecule has 13 heteroatoms. The second-order valence-corrected chi connectivity index (χ2v) is 8.23. The maximum atomic E-state index is 11.7. The van der Waals surface area contributed by atoms with Crippen LogP contribution in [0.5, 0.6) is 0 Å². The Bertz CT molecular complexity index is 859. The maximum absolute atomic E-state index is 11.7. The van der Waals surface area contributed by atoms with Crippen molar-refractivity contribution in [2.45, 2.75) is 33.9 Å². The average Bonchev–Trinajstić information content (AvgIpc) is 3.37. The fourth-order valence-corrected chi connectivity index (χ4v) is 2.52. The van der Waals surface area contributed by atoms with Crippen molar-refractivity contribution in [3.05, 3.63) is 24.0 Å². The molecule has 1 aliphatic heterocycles. The number of ether oxygens (including phenoxy) is 4. The van der Waals surface area contributed by atoms with Crippen molar-refractivity contribution < 1.29 is 38.1 Å². The first-order chi connectivity index (χ1) is 16.2. The molecule has 0 saturated heterocycles. The lowest BCUT2D eigenvalue weighted by Crippen LogP contribution is -2.33. The van der Waals surface area contributed by atoms with Crippen LogP contribution in [0.15, 0.2) is 18.3 Å². The smallest absolute Gasteiger partial charge is 0.407 e. The molecule has 188 valence electrons. The van der Waals surface area contributed by atoms with Crippen molar-refractivity contribution in [3.8, 4) is 0 Å². The molecule has 2 rings (SSSR count). The van der Waals surface area contributed by atoms with Crippen LogP contribution in [0.1, 0.15) is 26.5 Å². The molecule has 13 nitrogen and oxygen atoms in total. The van der Waals surface area contributed by atoms with Gasteiger partial charge in [-0.1, -0.05) is 5.21 Å². The van der Waals surface area contributed by atoms with E-state index in [4.69, 9.17) is 18.9 Å². The van der Waals surface area contributed by atoms with Crippen molar-refractivity contribution in [2.24, 2.45) is 5.41 Å². The zero-order valence-electron chi connectivity index (χ0n) is 19.7. The van der Waals surface area contributed by atoms with Gasteiger partial charge in [-0.25, -0.2) is 9.48 Å². The van der Waals surface area contributed by atoms with Gasteiger partial charge in [-0.3, -0.25) is 19.3 Å². The van der Waals surface area contributed by atoms with E-state index in [2.05, 4.69) is 15.6 Å². The lowest BCUT2D eigenvalue weighted by molar-refractivity contribution is -0.154. The monoisotopic (exact) mass is 481 g/mol. The standard InChI is InChI=1S/C21H31N5O8/c1-21(2,3)19(29)33-12-10-31-8-6-25-15-16(23-24-25)14-22-20(30)34-13-11-32-9-7-26-17(27)4-5-18(26)28/h4-5,15H,6-14H2,1-3H3,(H,22,30). The first-order valence-corrected chi connectivity index (χ1v) is 10.8. The number of amides is 3. The molecule has 1 aromatic rings. The Morgan fingerprint density at radius 3 is 2.18 bits per heavy atom. The number of carbonyl (C=O) groups is 4. The van der Waals surface area contributed by atoms with Gasteiger partial charge in [-0.05, 0) is 20.8 Å². The van der Waals surface area contributed by atoms with Crippen LogP contribution >= 0.6 is 0 Å². The number of aromatic nitrogens is 3. The number of carbonyl (C=O) groups excluding carboxylic acids is 4. The summed E-state index contributed by atoms with van der Waals surface area (Å²) < 4.78 is 22.3. The van der Waals surface area contributed by atoms with E-state index < -0.39 is 11.5 Å². The SMILES string of the molecule is CC(C)(C)C(=O)OCCOCCn1cc(CNC(=O)OCCOCCN2C(=O)C=CC2=O)nn1. The topological polar surface area (TPSA) is 151 Å². The predicted molar refractivity (Wildman–Crippen MR) is 116 cm³/mol. The molecule has 0 radical (unpaired) electrons. The van der Waals surface area contributed by atoms with Crippen LogP contribution < -0.4 is 5.32 Å². The van der Waals surface area contributed by atoms with Crippen LogP contribution in [0.2, 0.25) is 0 Å². The molecule has 1 aliphatic rings. The van der Waals surface area contributed by atoms with Crippen LogP contribution in [-0.2, 0) is 46.4 Å². The van der Waals surface area contributed by atoms with Gasteiger partial charge in [0.05, 0.1) is 57.7 Å². The second-order valence-electron chi connectivity index (χ2n) is 8.23. The number of rotatable bonds is 14. The lowest BCUT2D eigenvalue weighted by Gasteiger charge is -2.16. The summed E-state index contributed by atoms with van der Waals surface area (Å²) in [5, 5.41) is 10.4. The normalized spacial score (nSPS) is 13.4. The van der Waals surface area contributed by atoms with Gasteiger partial charge in [-0.15, -0.1) is 5.10 Å². The molecule has 3 amide bonds. The second kappa shape index (κ2) is 13.4. The largest absolute Gasteiger partial charge is 0.463 e. The van der Waals surface area contributed by atoms with E-state index in [0.29, 0.717) is 18.8 Å². The number of nitrogens with zero attached hydrogens (tertiary/aromatic N) is 4. The van der Waals surface area contributed by atoms with E-state index in [1.54, 1.807) is 31.6 Å². The van der Waals surface area contributed by atoms with E-state index in [1.165, 1.54) is 12.2 Å². The molecule has 0 spiro atoms. The number of nitrogens with one attached hydrogen (secondary N) is 1. The molecule has 2 heterocycles. The van der Waals surface area contributed by atoms with Crippen LogP contribution in [0.4, 0.5) is 4.79 Å². The molecule has 0 bridgehead atoms. The Hall–Kier alpha value is -3.32. The molecular formula is C21H31N5O8. The third kappa shape index (κ3) is 9.67. The summed E-state index contributed by atoms with van der Waals surface area (Å²) in [5.74, 6) is -1.01. The number of imide groups is 1. The Balaban J connectivity index is 1.47. The molecule has 0 fully saturated rings. The molecule has 0 saturated carbocycles. The molecular weight excluding hydrogens is 450 g/mol. The van der Waals surface area contributed by atoms with Gasteiger partial charge in [0.25, 0.3) is 11.8 Å². The first kappa shape index (κ1) is 26.9. The summed E-state index contributed by atoms with van der Waals surface area (Å²) in [4.78, 5) is 47.2. The van der Waals surface area contributed by atoms with Crippen molar-refractivity contribution in [1.29, 1.82) is 0 Å². The van der Waals surface area contributed by atoms with E-state index in [-0.39, 0.29) is 63.9 Å². The van der Waals surface area contributed by atoms with Crippen molar-refractivity contribution in [3.63, 3.8) is 0 Å². The van der Waals surface area contributed by atoms with Gasteiger partial charge in [0.1, 0.15) is 18.9 Å². The van der Waals surface area contributed by atoms with Crippen molar-refractivity contribution in [1.82, 2.24) is 25.2 Å². The Morgan fingerprint density at radius 1 is 0.912 bits per heavy atom. The van der Waals surface area contributed by atoms with Crippen molar-refractivity contribution in [2.75, 3.05) is 46.2 Å². The average molecular weight is 482 g/mol. The maximum Gasteiger partial charge on any atom is 0.407 e. The highest BCUT2D eigenvalue weighted by molar-refractivity contribution is 6.12. The van der Waals surface area contributed by atoms with Gasteiger partial charge < -0.3 is 24.3 Å². The molecule has 0 unspecified atom stereocenters. The first-order valence-electron chi connectivity index (χ1n) is 10.8. The fraction of sp³-hybridized carbons (Fsp3) is 0.619. The van der Waals surface area contributed by atoms with Gasteiger partial charge in [0, 0.05) is 12.2 Å². The molecule has 0 aromatic carbocycles. The zero-order chi connectivity index (χ0) is 25.0. The predicted octanol–water partition coefficient (Wildman–Crippen LogP) is 0.0518. The number of hydrogen-bond donors (Lipinski definition) is 1. The van der Waals surface area contributed by atoms with Crippen LogP contribution in [0.25, 0.3) is 0 Å². The third-order valence-electron chi connectivity index (χ3n) is 4.36. The quantitative estimate of drug-likeness (QED) is 0.219. The Kier molecular flexibility index (Phi) is 10.6. The minimum absolute atomic E-state index is 0.0149. The number of alkyl carbamates (subject to hydrolysis) is 1. The molecule has 0 aliphatic carbocycles. The van der Waals surface area contributed by atoms with Crippen LogP contribution in [0.3, 0.4) is 0 Å². The summed E-state index contributed by atoms with van der Waals surface area (Å²) in [7, 11) is 0. The summed E-state index contributed by atoms with van der Waals surface area (Å²) >= 11 is 0. The van der Waals surface area contributed by atoms with Gasteiger partial charge in [0.2, 0.25) is 0 Å². The van der Waals surface area contributed by atoms with E-state index in [0.717, 1.165) is 4.90 Å². The highest BCUT2D eigenvalue weighted by Gasteiger charge is 2.23. The molecule has 0 atom stereocenters. The fourth-order valence-electron chi connectivity index (χ4n) is 2.52. The Labute approximate surface area is 197 Å². The van der Waals surface area contributed by atoms with E-state index in [9.17, 15) is 19.2 Å². The third-order valence-corrected chi connectivity index (χ3v) is 4.36. The van der Waals surface area contributed by atoms with Crippen molar-refractivity contribution >= 4 is 23.9 Å². The van der Waals surface area contributed by atoms with Gasteiger partial charge >= 0.3 is 12.1 Å². The summed E-state index contributed by atoms with van der Waals surface area (Å²) in [6, 6.07) is 0. The van der Waals surface area contributed by atoms with Crippen LogP contribution in [0, 0.1) is 5.41 Å². The summed E-state index contributed by atoms with van der Waals surface area (Å²) in [5.41, 5.74) is 0.00270. The molecule has 34 heavy (non-hydrogen) atoms. The highest BCUT2D eigenvalue weighted by Crippen LogP contribution is 2.14. The van der Waals surface area contributed by atoms with Gasteiger partial charge in [-0.2, -0.15) is 0 Å². The highest BCUT2D eigenvalue weighted by atomic mass is 16.6. The van der Waals surface area contributed by atoms with E-state index in [1.807, 2.05) is 0 Å². The lowest BCUT2D eigenvalue weighted by atomic mass is 9.97. The molecule has 1 aromatic heterocycles. The van der Waals surface area contributed by atoms with Gasteiger partial charge in [0.15, 0.2) is 0 Å². The minimum atomic E-state index is -0.639.